The van der Waals surface area contributed by atoms with Crippen molar-refractivity contribution >= 4 is 0 Å². The van der Waals surface area contributed by atoms with E-state index in [1.807, 2.05) is 0 Å². The van der Waals surface area contributed by atoms with Gasteiger partial charge in [0.25, 0.3) is 5.89 Å². The lowest BCUT2D eigenvalue weighted by atomic mass is 9.89. The lowest BCUT2D eigenvalue weighted by Gasteiger charge is -2.46. The summed E-state index contributed by atoms with van der Waals surface area (Å²) in [5.41, 5.74) is 0.138. The summed E-state index contributed by atoms with van der Waals surface area (Å²) in [4.78, 5) is 6.38. The number of aliphatic hydroxyl groups is 1. The Hall–Kier alpha value is -1.79. The topological polar surface area (TPSA) is 62.4 Å². The Bertz CT molecular complexity index is 606. The fourth-order valence-electron chi connectivity index (χ4n) is 2.75. The molecule has 0 amide bonds. The zero-order chi connectivity index (χ0) is 14.9. The van der Waals surface area contributed by atoms with E-state index in [0.717, 1.165) is 12.8 Å². The fourth-order valence-corrected chi connectivity index (χ4v) is 2.75. The molecule has 3 rings (SSSR count). The molecule has 2 heterocycles. The van der Waals surface area contributed by atoms with E-state index >= 15 is 0 Å². The number of likely N-dealkylation sites (tertiary alicyclic amines) is 1. The van der Waals surface area contributed by atoms with E-state index in [1.165, 1.54) is 12.1 Å². The minimum atomic E-state index is -0.557. The molecule has 0 aliphatic carbocycles. The molecule has 0 radical (unpaired) electrons. The highest BCUT2D eigenvalue weighted by Crippen LogP contribution is 2.27. The highest BCUT2D eigenvalue weighted by molar-refractivity contribution is 5.52. The first-order chi connectivity index (χ1) is 10.1. The molecule has 1 aliphatic rings. The number of halogens is 1. The summed E-state index contributed by atoms with van der Waals surface area (Å²) in [5.74, 6) is 0.663. The Morgan fingerprint density at radius 1 is 1.33 bits per heavy atom. The van der Waals surface area contributed by atoms with Crippen molar-refractivity contribution in [3.63, 3.8) is 0 Å². The van der Waals surface area contributed by atoms with Crippen molar-refractivity contribution in [2.24, 2.45) is 0 Å². The summed E-state index contributed by atoms with van der Waals surface area (Å²) in [6, 6.07) is 5.94. The van der Waals surface area contributed by atoms with Gasteiger partial charge in [-0.3, -0.25) is 4.90 Å². The maximum absolute atomic E-state index is 12.9. The zero-order valence-electron chi connectivity index (χ0n) is 11.9. The third-order valence-corrected chi connectivity index (χ3v) is 3.68. The number of β-amino-alcohol motifs (C(OH)–C–C–N with tert-alkyl or cyclic N) is 1. The lowest BCUT2D eigenvalue weighted by molar-refractivity contribution is -0.107. The molecule has 21 heavy (non-hydrogen) atoms. The number of rotatable bonds is 5. The molecule has 0 atom stereocenters. The van der Waals surface area contributed by atoms with Gasteiger partial charge in [-0.25, -0.2) is 4.39 Å². The second-order valence-corrected chi connectivity index (χ2v) is 5.64. The molecular weight excluding hydrogens is 273 g/mol. The third-order valence-electron chi connectivity index (χ3n) is 3.68. The molecule has 1 saturated heterocycles. The molecule has 0 unspecified atom stereocenters. The van der Waals surface area contributed by atoms with Crippen molar-refractivity contribution in [3.8, 4) is 11.5 Å². The van der Waals surface area contributed by atoms with Crippen LogP contribution in [0.1, 0.15) is 25.6 Å². The summed E-state index contributed by atoms with van der Waals surface area (Å²) in [7, 11) is 0. The van der Waals surface area contributed by atoms with Crippen LogP contribution in [0.2, 0.25) is 0 Å². The highest BCUT2D eigenvalue weighted by atomic mass is 19.1. The van der Waals surface area contributed by atoms with E-state index in [4.69, 9.17) is 4.52 Å². The standard InChI is InChI=1S/C15H18FN3O2/c1-2-7-15(20)9-19(10-15)8-13-17-14(21-18-13)11-3-5-12(16)6-4-11/h3-6,20H,2,7-10H2,1H3. The molecule has 1 fully saturated rings. The third kappa shape index (κ3) is 3.11. The van der Waals surface area contributed by atoms with Crippen LogP contribution in [0.4, 0.5) is 4.39 Å². The average molecular weight is 291 g/mol. The fraction of sp³-hybridized carbons (Fsp3) is 0.467. The lowest BCUT2D eigenvalue weighted by Crippen LogP contribution is -2.61. The van der Waals surface area contributed by atoms with Gasteiger partial charge in [0.1, 0.15) is 5.82 Å². The quantitative estimate of drug-likeness (QED) is 0.915. The van der Waals surface area contributed by atoms with Gasteiger partial charge in [-0.2, -0.15) is 4.98 Å². The summed E-state index contributed by atoms with van der Waals surface area (Å²) in [6.45, 7) is 3.90. The van der Waals surface area contributed by atoms with Crippen LogP contribution in [0.5, 0.6) is 0 Å². The first-order valence-electron chi connectivity index (χ1n) is 7.11. The van der Waals surface area contributed by atoms with Crippen LogP contribution in [0.3, 0.4) is 0 Å². The molecule has 1 aromatic heterocycles. The van der Waals surface area contributed by atoms with Crippen molar-refractivity contribution in [1.82, 2.24) is 15.0 Å². The van der Waals surface area contributed by atoms with Gasteiger partial charge >= 0.3 is 0 Å². The second-order valence-electron chi connectivity index (χ2n) is 5.64. The molecule has 2 aromatic rings. The van der Waals surface area contributed by atoms with Crippen LogP contribution in [-0.4, -0.2) is 38.8 Å². The predicted octanol–water partition coefficient (Wildman–Crippen LogP) is 2.22. The van der Waals surface area contributed by atoms with Crippen molar-refractivity contribution in [2.75, 3.05) is 13.1 Å². The van der Waals surface area contributed by atoms with Gasteiger partial charge in [0, 0.05) is 18.7 Å². The summed E-state index contributed by atoms with van der Waals surface area (Å²) < 4.78 is 18.1. The van der Waals surface area contributed by atoms with E-state index in [9.17, 15) is 9.50 Å². The monoisotopic (exact) mass is 291 g/mol. The first-order valence-corrected chi connectivity index (χ1v) is 7.11. The van der Waals surface area contributed by atoms with Crippen LogP contribution in [0.15, 0.2) is 28.8 Å². The van der Waals surface area contributed by atoms with E-state index in [0.29, 0.717) is 36.9 Å². The molecule has 0 saturated carbocycles. The van der Waals surface area contributed by atoms with Gasteiger partial charge in [0.05, 0.1) is 12.1 Å². The molecule has 5 nitrogen and oxygen atoms in total. The Morgan fingerprint density at radius 3 is 2.71 bits per heavy atom. The van der Waals surface area contributed by atoms with Crippen molar-refractivity contribution < 1.29 is 14.0 Å². The van der Waals surface area contributed by atoms with Crippen LogP contribution >= 0.6 is 0 Å². The maximum atomic E-state index is 12.9. The van der Waals surface area contributed by atoms with E-state index in [2.05, 4.69) is 22.0 Å². The SMILES string of the molecule is CCCC1(O)CN(Cc2noc(-c3ccc(F)cc3)n2)C1. The molecule has 112 valence electrons. The van der Waals surface area contributed by atoms with E-state index < -0.39 is 5.60 Å². The minimum absolute atomic E-state index is 0.297. The molecule has 0 bridgehead atoms. The Labute approximate surface area is 122 Å². The molecule has 1 aliphatic heterocycles. The first kappa shape index (κ1) is 14.2. The summed E-state index contributed by atoms with van der Waals surface area (Å²) >= 11 is 0. The largest absolute Gasteiger partial charge is 0.387 e. The summed E-state index contributed by atoms with van der Waals surface area (Å²) in [5, 5.41) is 14.1. The van der Waals surface area contributed by atoms with Gasteiger partial charge < -0.3 is 9.63 Å². The second kappa shape index (κ2) is 5.54. The van der Waals surface area contributed by atoms with Gasteiger partial charge in [0.2, 0.25) is 0 Å². The van der Waals surface area contributed by atoms with Crippen molar-refractivity contribution in [1.29, 1.82) is 0 Å². The summed E-state index contributed by atoms with van der Waals surface area (Å²) in [6.07, 6.45) is 1.79. The maximum Gasteiger partial charge on any atom is 0.257 e. The van der Waals surface area contributed by atoms with Crippen molar-refractivity contribution in [2.45, 2.75) is 31.9 Å². The number of aromatic nitrogens is 2. The van der Waals surface area contributed by atoms with Crippen LogP contribution in [0.25, 0.3) is 11.5 Å². The molecular formula is C15H18FN3O2. The van der Waals surface area contributed by atoms with Crippen LogP contribution in [-0.2, 0) is 6.54 Å². The van der Waals surface area contributed by atoms with Gasteiger partial charge in [-0.05, 0) is 30.7 Å². The van der Waals surface area contributed by atoms with Crippen molar-refractivity contribution in [3.05, 3.63) is 35.9 Å². The van der Waals surface area contributed by atoms with Gasteiger partial charge in [0.15, 0.2) is 5.82 Å². The highest BCUT2D eigenvalue weighted by Gasteiger charge is 2.40. The normalized spacial score (nSPS) is 17.7. The number of hydrogen-bond acceptors (Lipinski definition) is 5. The Morgan fingerprint density at radius 2 is 2.05 bits per heavy atom. The molecule has 1 aromatic carbocycles. The zero-order valence-corrected chi connectivity index (χ0v) is 11.9. The predicted molar refractivity (Wildman–Crippen MR) is 74.8 cm³/mol. The van der Waals surface area contributed by atoms with E-state index in [-0.39, 0.29) is 5.82 Å². The smallest absolute Gasteiger partial charge is 0.257 e. The van der Waals surface area contributed by atoms with Crippen LogP contribution < -0.4 is 0 Å². The number of hydrogen-bond donors (Lipinski definition) is 1. The van der Waals surface area contributed by atoms with Gasteiger partial charge in [-0.15, -0.1) is 0 Å². The van der Waals surface area contributed by atoms with Crippen LogP contribution in [0, 0.1) is 5.82 Å². The number of nitrogens with zero attached hydrogens (tertiary/aromatic N) is 3. The van der Waals surface area contributed by atoms with Gasteiger partial charge in [-0.1, -0.05) is 18.5 Å². The Kier molecular flexibility index (Phi) is 3.73. The van der Waals surface area contributed by atoms with E-state index in [1.54, 1.807) is 12.1 Å². The molecule has 6 heteroatoms. The average Bonchev–Trinajstić information content (AvgIpc) is 2.87. The molecule has 1 N–H and O–H groups in total. The molecule has 0 spiro atoms. The number of benzene rings is 1. The minimum Gasteiger partial charge on any atom is -0.387 e. The Balaban J connectivity index is 1.60.